The van der Waals surface area contributed by atoms with Crippen molar-refractivity contribution < 1.29 is 76.7 Å². The Morgan fingerprint density at radius 1 is 0.875 bits per heavy atom. The number of benzene rings is 4. The summed E-state index contributed by atoms with van der Waals surface area (Å²) in [4.78, 5) is 62.2. The molecule has 3 aliphatic carbocycles. The van der Waals surface area contributed by atoms with Crippen molar-refractivity contribution in [3.05, 3.63) is 149 Å². The van der Waals surface area contributed by atoms with E-state index in [1.165, 1.54) is 22.3 Å². The Bertz CT molecular complexity index is 2010. The molecule has 1 saturated heterocycles. The molecule has 4 aromatic carbocycles. The summed E-state index contributed by atoms with van der Waals surface area (Å²) in [5, 5.41) is 9.82. The van der Waals surface area contributed by atoms with Crippen LogP contribution >= 0.6 is 0 Å². The van der Waals surface area contributed by atoms with E-state index in [1.807, 2.05) is 29.2 Å². The largest absolute Gasteiger partial charge is 3.00 e. The number of phenols is 1. The summed E-state index contributed by atoms with van der Waals surface area (Å²) in [6.07, 6.45) is 8.27. The second-order valence-electron chi connectivity index (χ2n) is 15.4. The van der Waals surface area contributed by atoms with E-state index in [9.17, 15) is 29.1 Å². The Labute approximate surface area is 363 Å². The normalized spacial score (nSPS) is 19.3. The van der Waals surface area contributed by atoms with Crippen LogP contribution in [0.3, 0.4) is 0 Å². The van der Waals surface area contributed by atoms with Gasteiger partial charge in [0.15, 0.2) is 11.6 Å². The Balaban J connectivity index is 0.000000215. The molecule has 0 bridgehead atoms. The third-order valence-electron chi connectivity index (χ3n) is 12.0. The van der Waals surface area contributed by atoms with Crippen molar-refractivity contribution in [1.29, 1.82) is 0 Å². The van der Waals surface area contributed by atoms with Gasteiger partial charge >= 0.3 is 47.6 Å². The molecule has 1 N–H and O–H groups in total. The number of rotatable bonds is 10. The number of Topliss-reactive ketones (excluding diaryl/α,β-unsaturated/α-hetero) is 2. The van der Waals surface area contributed by atoms with Crippen LogP contribution in [-0.4, -0.2) is 53.1 Å². The third-order valence-corrected chi connectivity index (χ3v) is 12.0. The van der Waals surface area contributed by atoms with Gasteiger partial charge in [-0.1, -0.05) is 42.8 Å². The van der Waals surface area contributed by atoms with Crippen molar-refractivity contribution in [2.75, 3.05) is 13.1 Å². The summed E-state index contributed by atoms with van der Waals surface area (Å²) in [6, 6.07) is 31.7. The van der Waals surface area contributed by atoms with Gasteiger partial charge in [0.05, 0.1) is 5.92 Å². The van der Waals surface area contributed by atoms with Crippen LogP contribution in [0.4, 0.5) is 0 Å². The summed E-state index contributed by atoms with van der Waals surface area (Å²) in [6.45, 7) is 9.00. The average molecular weight is 1020 g/mol. The fourth-order valence-corrected chi connectivity index (χ4v) is 9.30. The molecule has 1 radical (unpaired) electrons. The number of likely N-dealkylation sites (tertiary alicyclic amines) is 1. The van der Waals surface area contributed by atoms with Crippen molar-refractivity contribution in [2.45, 2.75) is 63.2 Å². The van der Waals surface area contributed by atoms with Gasteiger partial charge < -0.3 is 33.4 Å². The molecule has 1 fully saturated rings. The molecule has 1 heterocycles. The number of nitrogens with zero attached hydrogens (tertiary/aromatic N) is 1. The van der Waals surface area contributed by atoms with Crippen LogP contribution in [0, 0.1) is 74.2 Å². The maximum absolute atomic E-state index is 12.9. The van der Waals surface area contributed by atoms with Crippen LogP contribution in [0.25, 0.3) is 0 Å². The maximum Gasteiger partial charge on any atom is 3.00 e. The second kappa shape index (κ2) is 18.8. The SMILES string of the molecule is Oc1ccc2c(c1)CC[C@H](c1ccccc1)[C@@H]2c1cc[c-]cc1.[CH2-]CC(C[CH2-])C(=O)N1CC2(Cc3cc4c(cc3C2)C(=O)C(C([C-]=O)CC[C-]=O)C4=O)C1.[Ni+2].[U+3]. The summed E-state index contributed by atoms with van der Waals surface area (Å²) < 4.78 is 0. The molecule has 1 amide bonds. The van der Waals surface area contributed by atoms with E-state index in [0.29, 0.717) is 54.6 Å². The molecule has 287 valence electrons. The smallest absolute Gasteiger partial charge is 0.542 e. The topological polar surface area (TPSA) is 109 Å². The second-order valence-corrected chi connectivity index (χ2v) is 15.4. The number of aryl methyl sites for hydroxylation is 1. The van der Waals surface area contributed by atoms with Crippen LogP contribution in [0.1, 0.15) is 98.0 Å². The third kappa shape index (κ3) is 8.48. The molecule has 8 rings (SSSR count). The van der Waals surface area contributed by atoms with E-state index in [4.69, 9.17) is 0 Å². The number of carbonyl (C=O) groups is 3. The number of carbonyl (C=O) groups excluding carboxylic acids is 5. The van der Waals surface area contributed by atoms with E-state index in [-0.39, 0.29) is 89.3 Å². The number of ketones is 2. The minimum Gasteiger partial charge on any atom is -0.542 e. The van der Waals surface area contributed by atoms with Crippen LogP contribution < -0.4 is 0 Å². The van der Waals surface area contributed by atoms with Gasteiger partial charge in [-0.2, -0.15) is 49.6 Å². The number of amides is 1. The van der Waals surface area contributed by atoms with Crippen molar-refractivity contribution in [2.24, 2.45) is 23.2 Å². The predicted molar refractivity (Wildman–Crippen MR) is 205 cm³/mol. The molecule has 0 aromatic heterocycles. The first-order chi connectivity index (χ1) is 26.2. The fraction of sp³-hybridized carbons (Fsp3) is 0.340. The molecule has 9 heteroatoms. The Morgan fingerprint density at radius 3 is 2.07 bits per heavy atom. The van der Waals surface area contributed by atoms with Gasteiger partial charge in [0, 0.05) is 29.6 Å². The molecular formula is C47H44NNiO6U. The minimum absolute atomic E-state index is 0. The number of fused-ring (bicyclic) bond motifs is 3. The Hall–Kier alpha value is -3.62. The zero-order chi connectivity index (χ0) is 38.0. The van der Waals surface area contributed by atoms with Gasteiger partial charge in [0.25, 0.3) is 0 Å². The molecule has 7 nitrogen and oxygen atoms in total. The molecule has 4 aliphatic rings. The first-order valence-electron chi connectivity index (χ1n) is 18.9. The van der Waals surface area contributed by atoms with Gasteiger partial charge in [-0.05, 0) is 95.5 Å². The zero-order valence-corrected chi connectivity index (χ0v) is 36.4. The molecular weight excluding hydrogens is 971 g/mol. The number of aromatic hydroxyl groups is 1. The fourth-order valence-electron chi connectivity index (χ4n) is 9.30. The van der Waals surface area contributed by atoms with Gasteiger partial charge in [-0.3, -0.25) is 27.0 Å². The standard InChI is InChI=1S/C25H25NO5.C22H19O.Ni.U/c1-3-15(4-2)24(31)26-13-25(14-26)10-17-8-19-20(9-18(17)11-25)23(30)21(22(19)29)16(12-28)6-5-7-27;23-19-12-14-21-18(15-19)11-13-20(16-7-3-1-4-8-16)22(21)17-9-5-2-6-10-17;;/h8-9,15-16,21H,1-6,10-11,13-14H2;1,3-10,12,14-15,20,22-23H,11,13H2;;/q-4;-1;+2;+3/t;20-,22+;;/m.1../s1. The van der Waals surface area contributed by atoms with Crippen molar-refractivity contribution in [3.8, 4) is 5.75 Å². The molecule has 56 heavy (non-hydrogen) atoms. The van der Waals surface area contributed by atoms with Gasteiger partial charge in [-0.25, -0.2) is 0 Å². The van der Waals surface area contributed by atoms with Crippen LogP contribution in [0.5, 0.6) is 5.75 Å². The number of hydrogen-bond donors (Lipinski definition) is 1. The van der Waals surface area contributed by atoms with Crippen molar-refractivity contribution >= 4 is 30.0 Å². The first-order valence-corrected chi connectivity index (χ1v) is 18.9. The Morgan fingerprint density at radius 2 is 1.50 bits per heavy atom. The number of hydrogen-bond acceptors (Lipinski definition) is 6. The van der Waals surface area contributed by atoms with Crippen LogP contribution in [0.15, 0.2) is 84.9 Å². The van der Waals surface area contributed by atoms with Gasteiger partial charge in [0.2, 0.25) is 5.91 Å². The quantitative estimate of drug-likeness (QED) is 0.101. The Kier molecular flexibility index (Phi) is 14.6. The molecule has 1 aliphatic heterocycles. The monoisotopic (exact) mass is 1010 g/mol. The zero-order valence-electron chi connectivity index (χ0n) is 31.2. The summed E-state index contributed by atoms with van der Waals surface area (Å²) in [5.74, 6) is -1.60. The summed E-state index contributed by atoms with van der Waals surface area (Å²) >= 11 is 0. The van der Waals surface area contributed by atoms with E-state index in [0.717, 1.165) is 36.8 Å². The molecule has 3 atom stereocenters. The van der Waals surface area contributed by atoms with E-state index in [1.54, 1.807) is 24.7 Å². The van der Waals surface area contributed by atoms with Gasteiger partial charge in [0.1, 0.15) is 5.75 Å². The molecule has 1 unspecified atom stereocenters. The number of phenolic OH excluding ortho intramolecular Hbond substituents is 1. The van der Waals surface area contributed by atoms with Crippen molar-refractivity contribution in [1.82, 2.24) is 4.90 Å². The molecule has 1 spiro atoms. The predicted octanol–water partition coefficient (Wildman–Crippen LogP) is 7.34. The molecule has 4 aromatic rings. The summed E-state index contributed by atoms with van der Waals surface area (Å²) in [7, 11) is 0. The van der Waals surface area contributed by atoms with E-state index in [2.05, 4.69) is 68.4 Å². The maximum atomic E-state index is 12.9. The van der Waals surface area contributed by atoms with Crippen molar-refractivity contribution in [3.63, 3.8) is 0 Å². The minimum atomic E-state index is -1.09. The molecule has 0 saturated carbocycles. The van der Waals surface area contributed by atoms with Crippen LogP contribution in [-0.2, 0) is 50.1 Å². The summed E-state index contributed by atoms with van der Waals surface area (Å²) in [5.41, 5.74) is 8.09. The van der Waals surface area contributed by atoms with Gasteiger partial charge in [-0.15, -0.1) is 11.5 Å². The van der Waals surface area contributed by atoms with E-state index < -0.39 is 11.8 Å². The van der Waals surface area contributed by atoms with Crippen LogP contribution in [0.2, 0.25) is 0 Å². The van der Waals surface area contributed by atoms with E-state index >= 15 is 0 Å². The first kappa shape index (κ1) is 43.5. The average Bonchev–Trinajstić information content (AvgIpc) is 3.68.